The maximum atomic E-state index is 12.3. The lowest BCUT2D eigenvalue weighted by atomic mass is 10.1. The molecule has 1 aromatic heterocycles. The highest BCUT2D eigenvalue weighted by Gasteiger charge is 2.30. The zero-order valence-corrected chi connectivity index (χ0v) is 14.6. The number of rotatable bonds is 3. The van der Waals surface area contributed by atoms with Crippen molar-refractivity contribution in [1.29, 1.82) is 0 Å². The SMILES string of the molecule is COS(=O)(=O)c1ccc(C)cc1C1COc2ccc3[nH]ccc3c2O1. The standard InChI is InChI=1S/C18H17NO5S/c1-11-3-6-17(25(20,21)22-2)13(9-11)16-10-23-15-5-4-14-12(7-8-19-14)18(15)24-16/h3-9,16,19H,10H2,1-2H3. The number of benzene rings is 2. The van der Waals surface area contributed by atoms with Gasteiger partial charge in [0.05, 0.1) is 7.11 Å². The first-order valence-corrected chi connectivity index (χ1v) is 9.21. The predicted octanol–water partition coefficient (Wildman–Crippen LogP) is 3.32. The van der Waals surface area contributed by atoms with Gasteiger partial charge < -0.3 is 14.5 Å². The number of hydrogen-bond acceptors (Lipinski definition) is 5. The van der Waals surface area contributed by atoms with E-state index in [9.17, 15) is 8.42 Å². The second-order valence-corrected chi connectivity index (χ2v) is 7.59. The zero-order valence-electron chi connectivity index (χ0n) is 13.8. The number of hydrogen-bond donors (Lipinski definition) is 1. The Bertz CT molecular complexity index is 1050. The lowest BCUT2D eigenvalue weighted by molar-refractivity contribution is 0.0913. The summed E-state index contributed by atoms with van der Waals surface area (Å²) in [5.74, 6) is 1.25. The van der Waals surface area contributed by atoms with E-state index < -0.39 is 16.2 Å². The van der Waals surface area contributed by atoms with E-state index in [0.717, 1.165) is 23.6 Å². The van der Waals surface area contributed by atoms with Crippen molar-refractivity contribution >= 4 is 21.0 Å². The van der Waals surface area contributed by atoms with E-state index in [4.69, 9.17) is 13.7 Å². The molecule has 7 heteroatoms. The number of aromatic nitrogens is 1. The third-order valence-corrected chi connectivity index (χ3v) is 5.65. The van der Waals surface area contributed by atoms with E-state index in [1.165, 1.54) is 0 Å². The topological polar surface area (TPSA) is 77.6 Å². The predicted molar refractivity (Wildman–Crippen MR) is 92.5 cm³/mol. The summed E-state index contributed by atoms with van der Waals surface area (Å²) in [7, 11) is -2.70. The van der Waals surface area contributed by atoms with Gasteiger partial charge in [0.2, 0.25) is 0 Å². The van der Waals surface area contributed by atoms with E-state index in [2.05, 4.69) is 4.98 Å². The van der Waals surface area contributed by atoms with Crippen LogP contribution in [-0.2, 0) is 14.3 Å². The summed E-state index contributed by atoms with van der Waals surface area (Å²) in [5.41, 5.74) is 2.39. The highest BCUT2D eigenvalue weighted by Crippen LogP contribution is 2.42. The van der Waals surface area contributed by atoms with Gasteiger partial charge in [-0.15, -0.1) is 0 Å². The monoisotopic (exact) mass is 359 g/mol. The van der Waals surface area contributed by atoms with Crippen LogP contribution in [0.2, 0.25) is 0 Å². The van der Waals surface area contributed by atoms with Gasteiger partial charge in [0.15, 0.2) is 17.6 Å². The van der Waals surface area contributed by atoms with E-state index in [1.54, 1.807) is 18.2 Å². The van der Waals surface area contributed by atoms with Gasteiger partial charge in [0, 0.05) is 22.7 Å². The summed E-state index contributed by atoms with van der Waals surface area (Å²) < 4.78 is 41.2. The van der Waals surface area contributed by atoms with Crippen LogP contribution in [0.25, 0.3) is 10.9 Å². The van der Waals surface area contributed by atoms with Gasteiger partial charge in [0.1, 0.15) is 11.5 Å². The summed E-state index contributed by atoms with van der Waals surface area (Å²) in [6.45, 7) is 2.12. The van der Waals surface area contributed by atoms with Gasteiger partial charge in [-0.3, -0.25) is 4.18 Å². The Kier molecular flexibility index (Phi) is 3.70. The smallest absolute Gasteiger partial charge is 0.297 e. The molecule has 0 bridgehead atoms. The number of aryl methyl sites for hydroxylation is 1. The van der Waals surface area contributed by atoms with Crippen LogP contribution in [0.3, 0.4) is 0 Å². The molecule has 3 aromatic rings. The Morgan fingerprint density at radius 1 is 1.20 bits per heavy atom. The van der Waals surface area contributed by atoms with Gasteiger partial charge >= 0.3 is 0 Å². The molecule has 1 N–H and O–H groups in total. The Hall–Kier alpha value is -2.51. The van der Waals surface area contributed by atoms with E-state index in [0.29, 0.717) is 17.1 Å². The van der Waals surface area contributed by atoms with E-state index >= 15 is 0 Å². The molecule has 2 aromatic carbocycles. The summed E-state index contributed by atoms with van der Waals surface area (Å²) in [6.07, 6.45) is 1.28. The third-order valence-electron chi connectivity index (χ3n) is 4.30. The molecule has 130 valence electrons. The number of ether oxygens (including phenoxy) is 2. The molecule has 1 aliphatic heterocycles. The molecule has 1 unspecified atom stereocenters. The summed E-state index contributed by atoms with van der Waals surface area (Å²) >= 11 is 0. The lowest BCUT2D eigenvalue weighted by Crippen LogP contribution is -2.24. The molecule has 0 spiro atoms. The highest BCUT2D eigenvalue weighted by molar-refractivity contribution is 7.86. The van der Waals surface area contributed by atoms with Crippen LogP contribution in [0.5, 0.6) is 11.5 Å². The minimum absolute atomic E-state index is 0.0962. The third kappa shape index (κ3) is 2.65. The van der Waals surface area contributed by atoms with Crippen LogP contribution in [0.15, 0.2) is 47.5 Å². The first-order valence-electron chi connectivity index (χ1n) is 7.80. The average Bonchev–Trinajstić information content (AvgIpc) is 3.10. The maximum Gasteiger partial charge on any atom is 0.297 e. The lowest BCUT2D eigenvalue weighted by Gasteiger charge is -2.28. The Morgan fingerprint density at radius 2 is 2.04 bits per heavy atom. The van der Waals surface area contributed by atoms with Crippen LogP contribution >= 0.6 is 0 Å². The summed E-state index contributed by atoms with van der Waals surface area (Å²) in [4.78, 5) is 3.22. The van der Waals surface area contributed by atoms with Crippen molar-refractivity contribution in [3.05, 3.63) is 53.7 Å². The van der Waals surface area contributed by atoms with Crippen LogP contribution < -0.4 is 9.47 Å². The van der Waals surface area contributed by atoms with Crippen molar-refractivity contribution in [2.75, 3.05) is 13.7 Å². The van der Waals surface area contributed by atoms with Crippen molar-refractivity contribution in [2.24, 2.45) is 0 Å². The Balaban J connectivity index is 1.82. The van der Waals surface area contributed by atoms with E-state index in [1.807, 2.05) is 31.3 Å². The second kappa shape index (κ2) is 5.79. The normalized spacial score (nSPS) is 17.0. The molecular weight excluding hydrogens is 342 g/mol. The van der Waals surface area contributed by atoms with Crippen molar-refractivity contribution in [1.82, 2.24) is 4.98 Å². The molecule has 4 rings (SSSR count). The van der Waals surface area contributed by atoms with Crippen LogP contribution in [0.4, 0.5) is 0 Å². The maximum absolute atomic E-state index is 12.3. The number of nitrogens with one attached hydrogen (secondary N) is 1. The van der Waals surface area contributed by atoms with Crippen molar-refractivity contribution in [3.63, 3.8) is 0 Å². The fourth-order valence-electron chi connectivity index (χ4n) is 3.05. The molecule has 0 fully saturated rings. The average molecular weight is 359 g/mol. The number of aromatic amines is 1. The molecule has 2 heterocycles. The zero-order chi connectivity index (χ0) is 17.6. The second-order valence-electron chi connectivity index (χ2n) is 5.91. The number of fused-ring (bicyclic) bond motifs is 3. The molecule has 1 atom stereocenters. The van der Waals surface area contributed by atoms with Gasteiger partial charge in [-0.1, -0.05) is 17.7 Å². The van der Waals surface area contributed by atoms with E-state index in [-0.39, 0.29) is 11.5 Å². The first-order chi connectivity index (χ1) is 12.0. The fraction of sp³-hybridized carbons (Fsp3) is 0.222. The Labute approximate surface area is 145 Å². The molecule has 25 heavy (non-hydrogen) atoms. The van der Waals surface area contributed by atoms with Gasteiger partial charge in [-0.2, -0.15) is 8.42 Å². The van der Waals surface area contributed by atoms with Crippen molar-refractivity contribution in [2.45, 2.75) is 17.9 Å². The molecule has 0 aliphatic carbocycles. The van der Waals surface area contributed by atoms with Crippen molar-refractivity contribution in [3.8, 4) is 11.5 Å². The first kappa shape index (κ1) is 16.0. The van der Waals surface area contributed by atoms with Gasteiger partial charge in [0.25, 0.3) is 10.1 Å². The highest BCUT2D eigenvalue weighted by atomic mass is 32.2. The minimum Gasteiger partial charge on any atom is -0.485 e. The summed E-state index contributed by atoms with van der Waals surface area (Å²) in [5, 5.41) is 0.894. The van der Waals surface area contributed by atoms with Crippen LogP contribution in [-0.4, -0.2) is 27.1 Å². The Morgan fingerprint density at radius 3 is 2.84 bits per heavy atom. The van der Waals surface area contributed by atoms with Crippen LogP contribution in [0, 0.1) is 6.92 Å². The largest absolute Gasteiger partial charge is 0.485 e. The molecular formula is C18H17NO5S. The quantitative estimate of drug-likeness (QED) is 0.726. The number of H-pyrrole nitrogens is 1. The molecule has 0 radical (unpaired) electrons. The summed E-state index contributed by atoms with van der Waals surface area (Å²) in [6, 6.07) is 10.7. The van der Waals surface area contributed by atoms with Gasteiger partial charge in [-0.25, -0.2) is 0 Å². The molecule has 0 saturated carbocycles. The molecule has 1 aliphatic rings. The minimum atomic E-state index is -3.85. The fourth-order valence-corrected chi connectivity index (χ4v) is 3.95. The van der Waals surface area contributed by atoms with Crippen molar-refractivity contribution < 1.29 is 22.1 Å². The van der Waals surface area contributed by atoms with Crippen LogP contribution in [0.1, 0.15) is 17.2 Å². The van der Waals surface area contributed by atoms with Gasteiger partial charge in [-0.05, 0) is 31.2 Å². The molecule has 6 nitrogen and oxygen atoms in total. The molecule has 0 amide bonds. The molecule has 0 saturated heterocycles.